The Morgan fingerprint density at radius 1 is 1.45 bits per heavy atom. The number of nitrogens with zero attached hydrogens (tertiary/aromatic N) is 1. The molecule has 1 amide bonds. The zero-order valence-electron chi connectivity index (χ0n) is 11.4. The van der Waals surface area contributed by atoms with E-state index in [0.29, 0.717) is 17.9 Å². The van der Waals surface area contributed by atoms with Gasteiger partial charge in [0, 0.05) is 7.05 Å². The molecule has 1 heterocycles. The van der Waals surface area contributed by atoms with Gasteiger partial charge in [0.2, 0.25) is 0 Å². The van der Waals surface area contributed by atoms with Crippen LogP contribution >= 0.6 is 0 Å². The smallest absolute Gasteiger partial charge is 0.288 e. The van der Waals surface area contributed by atoms with E-state index in [4.69, 9.17) is 4.74 Å². The van der Waals surface area contributed by atoms with E-state index >= 15 is 0 Å². The molecule has 4 nitrogen and oxygen atoms in total. The Morgan fingerprint density at radius 3 is 2.75 bits per heavy atom. The van der Waals surface area contributed by atoms with Crippen molar-refractivity contribution >= 4 is 5.91 Å². The van der Waals surface area contributed by atoms with Crippen molar-refractivity contribution in [2.75, 3.05) is 20.2 Å². The Balaban J connectivity index is 1.96. The number of ether oxygens (including phenoxy) is 1. The van der Waals surface area contributed by atoms with Gasteiger partial charge in [-0.1, -0.05) is 12.1 Å². The van der Waals surface area contributed by atoms with E-state index < -0.39 is 6.10 Å². The molecule has 1 unspecified atom stereocenters. The van der Waals surface area contributed by atoms with Gasteiger partial charge < -0.3 is 14.7 Å². The van der Waals surface area contributed by atoms with E-state index in [1.165, 1.54) is 29.2 Å². The van der Waals surface area contributed by atoms with Gasteiger partial charge in [0.25, 0.3) is 5.91 Å². The first-order valence-corrected chi connectivity index (χ1v) is 6.60. The van der Waals surface area contributed by atoms with Crippen LogP contribution in [0.25, 0.3) is 0 Å². The average Bonchev–Trinajstić information content (AvgIpc) is 2.48. The monoisotopic (exact) mass is 279 g/mol. The van der Waals surface area contributed by atoms with Crippen LogP contribution in [0.1, 0.15) is 24.5 Å². The molecule has 0 radical (unpaired) electrons. The predicted octanol–water partition coefficient (Wildman–Crippen LogP) is 2.01. The van der Waals surface area contributed by atoms with Crippen molar-refractivity contribution in [1.82, 2.24) is 4.90 Å². The Morgan fingerprint density at radius 2 is 2.15 bits per heavy atom. The second-order valence-electron chi connectivity index (χ2n) is 4.81. The number of carbonyl (C=O) groups is 1. The summed E-state index contributed by atoms with van der Waals surface area (Å²) in [5.41, 5.74) is 0.574. The molecule has 1 aliphatic rings. The number of amides is 1. The maximum Gasteiger partial charge on any atom is 0.288 e. The minimum Gasteiger partial charge on any atom is -0.488 e. The molecule has 0 fully saturated rings. The van der Waals surface area contributed by atoms with Crippen LogP contribution < -0.4 is 0 Å². The molecule has 0 bridgehead atoms. The van der Waals surface area contributed by atoms with Crippen LogP contribution in [-0.4, -0.2) is 36.1 Å². The number of allylic oxidation sites excluding steroid dienone is 1. The number of rotatable bonds is 4. The molecule has 20 heavy (non-hydrogen) atoms. The van der Waals surface area contributed by atoms with Crippen LogP contribution in [0.5, 0.6) is 0 Å². The lowest BCUT2D eigenvalue weighted by molar-refractivity contribution is -0.131. The van der Waals surface area contributed by atoms with Gasteiger partial charge in [-0.15, -0.1) is 0 Å². The number of likely N-dealkylation sites (N-methyl/N-ethyl adjacent to an activating group) is 1. The largest absolute Gasteiger partial charge is 0.488 e. The third kappa shape index (κ3) is 3.57. The number of hydrogen-bond acceptors (Lipinski definition) is 3. The van der Waals surface area contributed by atoms with Crippen LogP contribution in [0, 0.1) is 5.82 Å². The number of benzene rings is 1. The standard InChI is InChI=1S/C15H18FNO3/c1-17(15(19)14-4-2-3-9-20-14)10-13(18)11-5-7-12(16)8-6-11/h4-8,13,18H,2-3,9-10H2,1H3. The van der Waals surface area contributed by atoms with Crippen LogP contribution in [0.2, 0.25) is 0 Å². The van der Waals surface area contributed by atoms with Gasteiger partial charge >= 0.3 is 0 Å². The molecular formula is C15H18FNO3. The Bertz CT molecular complexity index is 498. The van der Waals surface area contributed by atoms with Gasteiger partial charge in [-0.25, -0.2) is 4.39 Å². The summed E-state index contributed by atoms with van der Waals surface area (Å²) in [5, 5.41) is 10.1. The van der Waals surface area contributed by atoms with Crippen LogP contribution in [0.15, 0.2) is 36.1 Å². The van der Waals surface area contributed by atoms with Gasteiger partial charge in [0.15, 0.2) is 5.76 Å². The van der Waals surface area contributed by atoms with Gasteiger partial charge in [0.05, 0.1) is 19.3 Å². The first-order valence-electron chi connectivity index (χ1n) is 6.60. The van der Waals surface area contributed by atoms with E-state index in [1.807, 2.05) is 0 Å². The lowest BCUT2D eigenvalue weighted by Crippen LogP contribution is -2.33. The molecule has 0 spiro atoms. The molecule has 0 saturated carbocycles. The van der Waals surface area contributed by atoms with Gasteiger partial charge in [-0.05, 0) is 36.6 Å². The van der Waals surface area contributed by atoms with E-state index in [0.717, 1.165) is 12.8 Å². The predicted molar refractivity (Wildman–Crippen MR) is 72.3 cm³/mol. The van der Waals surface area contributed by atoms with Crippen molar-refractivity contribution in [3.05, 3.63) is 47.5 Å². The molecule has 1 aliphatic heterocycles. The van der Waals surface area contributed by atoms with E-state index in [9.17, 15) is 14.3 Å². The molecule has 1 aromatic rings. The summed E-state index contributed by atoms with van der Waals surface area (Å²) in [6, 6.07) is 5.59. The van der Waals surface area contributed by atoms with Crippen molar-refractivity contribution in [1.29, 1.82) is 0 Å². The lowest BCUT2D eigenvalue weighted by atomic mass is 10.1. The first kappa shape index (κ1) is 14.5. The fraction of sp³-hybridized carbons (Fsp3) is 0.400. The number of aliphatic hydroxyl groups excluding tert-OH is 1. The summed E-state index contributed by atoms with van der Waals surface area (Å²) in [6.45, 7) is 0.678. The highest BCUT2D eigenvalue weighted by Crippen LogP contribution is 2.17. The van der Waals surface area contributed by atoms with Crippen molar-refractivity contribution in [2.24, 2.45) is 0 Å². The summed E-state index contributed by atoms with van der Waals surface area (Å²) in [6.07, 6.45) is 2.66. The van der Waals surface area contributed by atoms with E-state index in [1.54, 1.807) is 13.1 Å². The first-order chi connectivity index (χ1) is 9.58. The molecule has 1 N–H and O–H groups in total. The Hall–Kier alpha value is -1.88. The molecule has 1 atom stereocenters. The molecule has 0 aliphatic carbocycles. The molecule has 0 aromatic heterocycles. The summed E-state index contributed by atoms with van der Waals surface area (Å²) in [5.74, 6) is -0.262. The molecule has 108 valence electrons. The third-order valence-electron chi connectivity index (χ3n) is 3.19. The maximum atomic E-state index is 12.8. The SMILES string of the molecule is CN(CC(O)c1ccc(F)cc1)C(=O)C1=CCCCO1. The lowest BCUT2D eigenvalue weighted by Gasteiger charge is -2.23. The van der Waals surface area contributed by atoms with E-state index in [2.05, 4.69) is 0 Å². The zero-order valence-corrected chi connectivity index (χ0v) is 11.4. The minimum absolute atomic E-state index is 0.130. The average molecular weight is 279 g/mol. The van der Waals surface area contributed by atoms with E-state index in [-0.39, 0.29) is 18.3 Å². The number of halogens is 1. The van der Waals surface area contributed by atoms with Crippen molar-refractivity contribution in [3.8, 4) is 0 Å². The fourth-order valence-corrected chi connectivity index (χ4v) is 2.03. The second-order valence-corrected chi connectivity index (χ2v) is 4.81. The Kier molecular flexibility index (Phi) is 4.74. The summed E-state index contributed by atoms with van der Waals surface area (Å²) >= 11 is 0. The number of aliphatic hydroxyl groups is 1. The van der Waals surface area contributed by atoms with Crippen molar-refractivity contribution in [3.63, 3.8) is 0 Å². The quantitative estimate of drug-likeness (QED) is 0.917. The molecule has 5 heteroatoms. The molecular weight excluding hydrogens is 261 g/mol. The Labute approximate surface area is 117 Å². The van der Waals surface area contributed by atoms with Crippen LogP contribution in [0.4, 0.5) is 4.39 Å². The van der Waals surface area contributed by atoms with Gasteiger partial charge in [-0.3, -0.25) is 4.79 Å². The zero-order chi connectivity index (χ0) is 14.5. The van der Waals surface area contributed by atoms with Gasteiger partial charge in [-0.2, -0.15) is 0 Å². The topological polar surface area (TPSA) is 49.8 Å². The summed E-state index contributed by atoms with van der Waals surface area (Å²) in [4.78, 5) is 13.5. The summed E-state index contributed by atoms with van der Waals surface area (Å²) in [7, 11) is 1.61. The number of carbonyl (C=O) groups excluding carboxylic acids is 1. The van der Waals surface area contributed by atoms with Crippen molar-refractivity contribution < 1.29 is 19.0 Å². The molecule has 2 rings (SSSR count). The second kappa shape index (κ2) is 6.52. The fourth-order valence-electron chi connectivity index (χ4n) is 2.03. The molecule has 1 aromatic carbocycles. The normalized spacial score (nSPS) is 16.1. The minimum atomic E-state index is -0.853. The highest BCUT2D eigenvalue weighted by atomic mass is 19.1. The third-order valence-corrected chi connectivity index (χ3v) is 3.19. The highest BCUT2D eigenvalue weighted by molar-refractivity contribution is 5.91. The van der Waals surface area contributed by atoms with Crippen LogP contribution in [0.3, 0.4) is 0 Å². The van der Waals surface area contributed by atoms with Crippen molar-refractivity contribution in [2.45, 2.75) is 18.9 Å². The molecule has 0 saturated heterocycles. The maximum absolute atomic E-state index is 12.8. The van der Waals surface area contributed by atoms with Gasteiger partial charge in [0.1, 0.15) is 5.82 Å². The summed E-state index contributed by atoms with van der Waals surface area (Å²) < 4.78 is 18.1. The number of hydrogen-bond donors (Lipinski definition) is 1. The highest BCUT2D eigenvalue weighted by Gasteiger charge is 2.21. The van der Waals surface area contributed by atoms with Crippen LogP contribution in [-0.2, 0) is 9.53 Å².